The van der Waals surface area contributed by atoms with Crippen LogP contribution in [0.2, 0.25) is 0 Å². The minimum atomic E-state index is -2.12. The molecule has 1 heterocycles. The van der Waals surface area contributed by atoms with Crippen molar-refractivity contribution in [2.24, 2.45) is 7.05 Å². The fourth-order valence-electron chi connectivity index (χ4n) is 2.05. The quantitative estimate of drug-likeness (QED) is 0.754. The van der Waals surface area contributed by atoms with Gasteiger partial charge < -0.3 is 9.88 Å². The van der Waals surface area contributed by atoms with Gasteiger partial charge >= 0.3 is 0 Å². The molecule has 0 radical (unpaired) electrons. The number of benzene rings is 1. The Morgan fingerprint density at radius 3 is 2.48 bits per heavy atom. The summed E-state index contributed by atoms with van der Waals surface area (Å²) in [6.45, 7) is 1.85. The molecule has 0 saturated heterocycles. The molecule has 1 atom stereocenters. The minimum absolute atomic E-state index is 0.108. The highest BCUT2D eigenvalue weighted by Crippen LogP contribution is 2.26. The first-order chi connectivity index (χ1) is 9.92. The Hall–Kier alpha value is -2.12. The van der Waals surface area contributed by atoms with Crippen LogP contribution >= 0.6 is 0 Å². The van der Waals surface area contributed by atoms with E-state index in [4.69, 9.17) is 4.55 Å². The summed E-state index contributed by atoms with van der Waals surface area (Å²) in [6.07, 6.45) is 1.73. The van der Waals surface area contributed by atoms with E-state index >= 15 is 0 Å². The minimum Gasteiger partial charge on any atom is -0.384 e. The van der Waals surface area contributed by atoms with Gasteiger partial charge in [0.2, 0.25) is 0 Å². The van der Waals surface area contributed by atoms with Crippen molar-refractivity contribution in [2.45, 2.75) is 6.92 Å². The molecule has 1 unspecified atom stereocenters. The van der Waals surface area contributed by atoms with Gasteiger partial charge in [0.05, 0.1) is 5.69 Å². The molecule has 6 nitrogen and oxygen atoms in total. The number of nitrogens with zero attached hydrogens (tertiary/aromatic N) is 1. The largest absolute Gasteiger partial charge is 0.384 e. The molecule has 0 spiro atoms. The van der Waals surface area contributed by atoms with E-state index in [0.717, 1.165) is 16.7 Å². The Morgan fingerprint density at radius 2 is 1.86 bits per heavy atom. The third-order valence-electron chi connectivity index (χ3n) is 3.22. The molecule has 2 rings (SSSR count). The van der Waals surface area contributed by atoms with Crippen LogP contribution in [-0.2, 0) is 18.3 Å². The zero-order valence-electron chi connectivity index (χ0n) is 12.0. The average molecular weight is 307 g/mol. The monoisotopic (exact) mass is 307 g/mol. The highest BCUT2D eigenvalue weighted by Gasteiger charge is 2.08. The smallest absolute Gasteiger partial charge is 0.273 e. The zero-order valence-corrected chi connectivity index (χ0v) is 12.8. The molecule has 112 valence electrons. The van der Waals surface area contributed by atoms with Crippen molar-refractivity contribution in [3.8, 4) is 11.1 Å². The van der Waals surface area contributed by atoms with E-state index in [-0.39, 0.29) is 5.56 Å². The number of pyridine rings is 1. The number of nitrogens with one attached hydrogen (secondary N) is 2. The van der Waals surface area contributed by atoms with Crippen molar-refractivity contribution in [1.29, 1.82) is 0 Å². The van der Waals surface area contributed by atoms with Crippen LogP contribution in [0.1, 0.15) is 5.56 Å². The van der Waals surface area contributed by atoms with Crippen LogP contribution in [-0.4, -0.2) is 20.4 Å². The molecule has 0 fully saturated rings. The highest BCUT2D eigenvalue weighted by molar-refractivity contribution is 7.80. The van der Waals surface area contributed by atoms with E-state index in [9.17, 15) is 9.00 Å². The Morgan fingerprint density at radius 1 is 1.19 bits per heavy atom. The number of anilines is 2. The summed E-state index contributed by atoms with van der Waals surface area (Å²) in [7, 11) is 3.38. The first-order valence-corrected chi connectivity index (χ1v) is 7.40. The predicted molar refractivity (Wildman–Crippen MR) is 85.8 cm³/mol. The normalized spacial score (nSPS) is 12.0. The standard InChI is InChI=1S/C14H17N3O3S/c1-9-4-5-10(6-12(9)16-21(19)20)11-7-13(15-2)14(18)17(3)8-11/h4-8,15-16H,1-3H3,(H,19,20). The van der Waals surface area contributed by atoms with Crippen LogP contribution in [0, 0.1) is 6.92 Å². The lowest BCUT2D eigenvalue weighted by Crippen LogP contribution is -2.19. The second-order valence-corrected chi connectivity index (χ2v) is 5.39. The Balaban J connectivity index is 2.54. The first kappa shape index (κ1) is 15.3. The molecule has 2 aromatic rings. The van der Waals surface area contributed by atoms with Crippen LogP contribution in [0.3, 0.4) is 0 Å². The molecule has 3 N–H and O–H groups in total. The summed E-state index contributed by atoms with van der Waals surface area (Å²) in [5.41, 5.74) is 3.51. The van der Waals surface area contributed by atoms with Crippen molar-refractivity contribution >= 4 is 22.6 Å². The maximum atomic E-state index is 11.9. The molecule has 1 aromatic carbocycles. The van der Waals surface area contributed by atoms with Crippen LogP contribution in [0.25, 0.3) is 11.1 Å². The summed E-state index contributed by atoms with van der Waals surface area (Å²) < 4.78 is 23.9. The highest BCUT2D eigenvalue weighted by atomic mass is 32.2. The van der Waals surface area contributed by atoms with Crippen molar-refractivity contribution < 1.29 is 8.76 Å². The molecular formula is C14H17N3O3S. The Kier molecular flexibility index (Phi) is 4.44. The van der Waals surface area contributed by atoms with Gasteiger partial charge in [-0.05, 0) is 30.2 Å². The van der Waals surface area contributed by atoms with Gasteiger partial charge in [0.15, 0.2) is 0 Å². The molecule has 0 aliphatic carbocycles. The maximum absolute atomic E-state index is 11.9. The number of hydrogen-bond donors (Lipinski definition) is 3. The van der Waals surface area contributed by atoms with Gasteiger partial charge in [0.1, 0.15) is 5.69 Å². The third-order valence-corrected chi connectivity index (χ3v) is 3.62. The molecule has 0 aliphatic heterocycles. The number of aryl methyl sites for hydroxylation is 2. The summed E-state index contributed by atoms with van der Waals surface area (Å²) in [4.78, 5) is 11.9. The molecule has 7 heteroatoms. The molecule has 0 saturated carbocycles. The van der Waals surface area contributed by atoms with Gasteiger partial charge in [-0.2, -0.15) is 0 Å². The number of rotatable bonds is 4. The Labute approximate surface area is 125 Å². The van der Waals surface area contributed by atoms with Gasteiger partial charge in [-0.3, -0.25) is 14.1 Å². The number of aromatic nitrogens is 1. The average Bonchev–Trinajstić information content (AvgIpc) is 2.43. The lowest BCUT2D eigenvalue weighted by atomic mass is 10.0. The van der Waals surface area contributed by atoms with Crippen molar-refractivity contribution in [2.75, 3.05) is 17.1 Å². The SMILES string of the molecule is CNc1cc(-c2ccc(C)c(NS(=O)O)c2)cn(C)c1=O. The molecule has 1 aromatic heterocycles. The lowest BCUT2D eigenvalue weighted by molar-refractivity contribution is 0.570. The number of hydrogen-bond acceptors (Lipinski definition) is 3. The van der Waals surface area contributed by atoms with Crippen molar-refractivity contribution in [3.63, 3.8) is 0 Å². The van der Waals surface area contributed by atoms with Gasteiger partial charge in [-0.1, -0.05) is 12.1 Å². The summed E-state index contributed by atoms with van der Waals surface area (Å²) >= 11 is -2.12. The van der Waals surface area contributed by atoms with E-state index in [2.05, 4.69) is 10.0 Å². The van der Waals surface area contributed by atoms with E-state index < -0.39 is 11.3 Å². The second-order valence-electron chi connectivity index (χ2n) is 4.69. The summed E-state index contributed by atoms with van der Waals surface area (Å²) in [6, 6.07) is 7.30. The van der Waals surface area contributed by atoms with E-state index in [1.807, 2.05) is 19.1 Å². The second kappa shape index (κ2) is 6.11. The van der Waals surface area contributed by atoms with Crippen LogP contribution in [0.4, 0.5) is 11.4 Å². The molecule has 0 amide bonds. The van der Waals surface area contributed by atoms with Crippen molar-refractivity contribution in [1.82, 2.24) is 4.57 Å². The molecule has 0 aliphatic rings. The summed E-state index contributed by atoms with van der Waals surface area (Å²) in [5.74, 6) is 0. The fourth-order valence-corrected chi connectivity index (χ4v) is 2.46. The topological polar surface area (TPSA) is 83.4 Å². The Bertz CT molecular complexity index is 756. The fraction of sp³-hybridized carbons (Fsp3) is 0.214. The zero-order chi connectivity index (χ0) is 15.6. The van der Waals surface area contributed by atoms with Gasteiger partial charge in [0, 0.05) is 25.9 Å². The van der Waals surface area contributed by atoms with E-state index in [0.29, 0.717) is 11.4 Å². The first-order valence-electron chi connectivity index (χ1n) is 6.29. The van der Waals surface area contributed by atoms with Gasteiger partial charge in [-0.25, -0.2) is 4.21 Å². The van der Waals surface area contributed by atoms with Gasteiger partial charge in [-0.15, -0.1) is 0 Å². The molecular weight excluding hydrogens is 290 g/mol. The van der Waals surface area contributed by atoms with Crippen LogP contribution in [0.15, 0.2) is 35.3 Å². The lowest BCUT2D eigenvalue weighted by Gasteiger charge is -2.11. The maximum Gasteiger partial charge on any atom is 0.273 e. The van der Waals surface area contributed by atoms with Crippen LogP contribution < -0.4 is 15.6 Å². The molecule has 21 heavy (non-hydrogen) atoms. The van der Waals surface area contributed by atoms with E-state index in [1.54, 1.807) is 32.4 Å². The third kappa shape index (κ3) is 3.32. The molecule has 0 bridgehead atoms. The van der Waals surface area contributed by atoms with Crippen LogP contribution in [0.5, 0.6) is 0 Å². The predicted octanol–water partition coefficient (Wildman–Crippen LogP) is 1.95. The van der Waals surface area contributed by atoms with Crippen molar-refractivity contribution in [3.05, 3.63) is 46.4 Å². The van der Waals surface area contributed by atoms with Gasteiger partial charge in [0.25, 0.3) is 16.8 Å². The van der Waals surface area contributed by atoms with E-state index in [1.165, 1.54) is 4.57 Å². The summed E-state index contributed by atoms with van der Waals surface area (Å²) in [5, 5.41) is 2.87.